The molecule has 0 aliphatic carbocycles. The summed E-state index contributed by atoms with van der Waals surface area (Å²) >= 11 is 0. The van der Waals surface area contributed by atoms with Crippen molar-refractivity contribution in [3.63, 3.8) is 0 Å². The summed E-state index contributed by atoms with van der Waals surface area (Å²) in [7, 11) is -2.69. The average molecular weight is 357 g/mol. The van der Waals surface area contributed by atoms with Crippen molar-refractivity contribution in [2.45, 2.75) is 0 Å². The van der Waals surface area contributed by atoms with Crippen molar-refractivity contribution in [2.24, 2.45) is 0 Å². The third-order valence-corrected chi connectivity index (χ3v) is 3.39. The highest BCUT2D eigenvalue weighted by atomic mass is 32.2. The molecule has 0 heterocycles. The first-order valence-corrected chi connectivity index (χ1v) is 8.42. The van der Waals surface area contributed by atoms with Crippen molar-refractivity contribution in [2.75, 3.05) is 13.4 Å². The Hall–Kier alpha value is -2.68. The van der Waals surface area contributed by atoms with Gasteiger partial charge in [0.15, 0.2) is 11.5 Å². The molecule has 0 fully saturated rings. The van der Waals surface area contributed by atoms with Crippen LogP contribution in [0.15, 0.2) is 36.4 Å². The van der Waals surface area contributed by atoms with Gasteiger partial charge in [-0.25, -0.2) is 17.5 Å². The predicted octanol–water partition coefficient (Wildman–Crippen LogP) is 2.46. The Morgan fingerprint density at radius 3 is 2.25 bits per heavy atom. The molecule has 0 bridgehead atoms. The van der Waals surface area contributed by atoms with Crippen LogP contribution in [0.5, 0.6) is 17.2 Å². The number of carbonyl (C=O) groups excluding carboxylic acids is 1. The van der Waals surface area contributed by atoms with Gasteiger partial charge in [-0.05, 0) is 36.4 Å². The molecular weight excluding hydrogens is 344 g/mol. The summed E-state index contributed by atoms with van der Waals surface area (Å²) in [4.78, 5) is 11.9. The molecule has 0 aliphatic rings. The number of benzene rings is 2. The topological polar surface area (TPSA) is 81.7 Å². The molecule has 0 radical (unpaired) electrons. The molecule has 1 amide bonds. The molecule has 0 aromatic heterocycles. The Morgan fingerprint density at radius 2 is 1.71 bits per heavy atom. The minimum Gasteiger partial charge on any atom is -0.493 e. The SMILES string of the molecule is COc1c(C(=O)NS(C)(=O)=O)ccc(Oc2ccc(F)cc2)c1F. The summed E-state index contributed by atoms with van der Waals surface area (Å²) in [5, 5.41) is 0. The number of methoxy groups -OCH3 is 1. The lowest BCUT2D eigenvalue weighted by Crippen LogP contribution is -2.29. The fourth-order valence-electron chi connectivity index (χ4n) is 1.85. The highest BCUT2D eigenvalue weighted by Gasteiger charge is 2.22. The van der Waals surface area contributed by atoms with Gasteiger partial charge in [-0.3, -0.25) is 4.79 Å². The van der Waals surface area contributed by atoms with Crippen LogP contribution in [0.4, 0.5) is 8.78 Å². The Balaban J connectivity index is 2.36. The van der Waals surface area contributed by atoms with Crippen LogP contribution in [0.2, 0.25) is 0 Å². The quantitative estimate of drug-likeness (QED) is 0.889. The van der Waals surface area contributed by atoms with E-state index in [9.17, 15) is 22.0 Å². The van der Waals surface area contributed by atoms with E-state index in [0.717, 1.165) is 37.6 Å². The second-order valence-corrected chi connectivity index (χ2v) is 6.47. The van der Waals surface area contributed by atoms with Crippen LogP contribution in [0.25, 0.3) is 0 Å². The summed E-state index contributed by atoms with van der Waals surface area (Å²) in [5.41, 5.74) is -0.313. The van der Waals surface area contributed by atoms with Crippen molar-refractivity contribution in [1.82, 2.24) is 4.72 Å². The summed E-state index contributed by atoms with van der Waals surface area (Å²) in [6.45, 7) is 0. The van der Waals surface area contributed by atoms with Gasteiger partial charge in [-0.2, -0.15) is 4.39 Å². The molecule has 0 aliphatic heterocycles. The molecule has 0 saturated carbocycles. The Bertz CT molecular complexity index is 866. The molecule has 2 aromatic rings. The minimum absolute atomic E-state index is 0.172. The molecule has 24 heavy (non-hydrogen) atoms. The van der Waals surface area contributed by atoms with Crippen LogP contribution in [-0.4, -0.2) is 27.7 Å². The fraction of sp³-hybridized carbons (Fsp3) is 0.133. The van der Waals surface area contributed by atoms with Gasteiger partial charge in [0.2, 0.25) is 15.8 Å². The second-order valence-electron chi connectivity index (χ2n) is 4.72. The van der Waals surface area contributed by atoms with Gasteiger partial charge in [0.05, 0.1) is 18.9 Å². The molecule has 128 valence electrons. The second kappa shape index (κ2) is 6.83. The highest BCUT2D eigenvalue weighted by Crippen LogP contribution is 2.33. The summed E-state index contributed by atoms with van der Waals surface area (Å²) in [6, 6.07) is 7.16. The molecule has 2 rings (SSSR count). The molecule has 0 atom stereocenters. The van der Waals surface area contributed by atoms with Gasteiger partial charge < -0.3 is 9.47 Å². The Morgan fingerprint density at radius 1 is 1.08 bits per heavy atom. The van der Waals surface area contributed by atoms with E-state index in [0.29, 0.717) is 0 Å². The molecule has 0 saturated heterocycles. The first-order valence-electron chi connectivity index (χ1n) is 6.53. The predicted molar refractivity (Wildman–Crippen MR) is 81.7 cm³/mol. The van der Waals surface area contributed by atoms with E-state index < -0.39 is 33.3 Å². The molecular formula is C15H13F2NO5S. The van der Waals surface area contributed by atoms with Crippen LogP contribution in [0.1, 0.15) is 10.4 Å². The van der Waals surface area contributed by atoms with E-state index in [1.165, 1.54) is 12.1 Å². The fourth-order valence-corrected chi connectivity index (χ4v) is 2.29. The number of nitrogens with one attached hydrogen (secondary N) is 1. The van der Waals surface area contributed by atoms with Crippen LogP contribution >= 0.6 is 0 Å². The number of halogens is 2. The summed E-state index contributed by atoms with van der Waals surface area (Å²) < 4.78 is 61.3. The first-order chi connectivity index (χ1) is 11.2. The maximum Gasteiger partial charge on any atom is 0.268 e. The van der Waals surface area contributed by atoms with Gasteiger partial charge >= 0.3 is 0 Å². The van der Waals surface area contributed by atoms with Crippen LogP contribution in [0, 0.1) is 11.6 Å². The largest absolute Gasteiger partial charge is 0.493 e. The molecule has 9 heteroatoms. The Kier molecular flexibility index (Phi) is 5.03. The van der Waals surface area contributed by atoms with Gasteiger partial charge in [0.1, 0.15) is 11.6 Å². The molecule has 0 spiro atoms. The maximum atomic E-state index is 14.4. The van der Waals surface area contributed by atoms with Crippen molar-refractivity contribution < 1.29 is 31.5 Å². The van der Waals surface area contributed by atoms with Gasteiger partial charge in [-0.1, -0.05) is 0 Å². The normalized spacial score (nSPS) is 11.0. The third-order valence-electron chi connectivity index (χ3n) is 2.83. The summed E-state index contributed by atoms with van der Waals surface area (Å²) in [6.07, 6.45) is 0.791. The van der Waals surface area contributed by atoms with E-state index in [-0.39, 0.29) is 17.1 Å². The number of rotatable bonds is 5. The molecule has 0 unspecified atom stereocenters. The number of hydrogen-bond donors (Lipinski definition) is 1. The zero-order valence-corrected chi connectivity index (χ0v) is 13.5. The molecule has 2 aromatic carbocycles. The van der Waals surface area contributed by atoms with E-state index in [1.807, 2.05) is 0 Å². The first kappa shape index (κ1) is 17.7. The average Bonchev–Trinajstić information content (AvgIpc) is 2.49. The van der Waals surface area contributed by atoms with E-state index in [4.69, 9.17) is 9.47 Å². The maximum absolute atomic E-state index is 14.4. The van der Waals surface area contributed by atoms with Crippen molar-refractivity contribution >= 4 is 15.9 Å². The number of ether oxygens (including phenoxy) is 2. The lowest BCUT2D eigenvalue weighted by molar-refractivity contribution is 0.0977. The van der Waals surface area contributed by atoms with E-state index in [2.05, 4.69) is 0 Å². The lowest BCUT2D eigenvalue weighted by Gasteiger charge is -2.13. The number of carbonyl (C=O) groups is 1. The van der Waals surface area contributed by atoms with Crippen molar-refractivity contribution in [1.29, 1.82) is 0 Å². The number of sulfonamides is 1. The zero-order valence-electron chi connectivity index (χ0n) is 12.7. The van der Waals surface area contributed by atoms with Gasteiger partial charge in [0, 0.05) is 0 Å². The minimum atomic E-state index is -3.82. The lowest BCUT2D eigenvalue weighted by atomic mass is 10.1. The zero-order chi connectivity index (χ0) is 17.9. The van der Waals surface area contributed by atoms with Crippen molar-refractivity contribution in [3.05, 3.63) is 53.6 Å². The Labute approximate surface area is 137 Å². The molecule has 6 nitrogen and oxygen atoms in total. The van der Waals surface area contributed by atoms with Crippen LogP contribution < -0.4 is 14.2 Å². The third kappa shape index (κ3) is 4.19. The number of amides is 1. The number of hydrogen-bond acceptors (Lipinski definition) is 5. The van der Waals surface area contributed by atoms with E-state index in [1.54, 1.807) is 4.72 Å². The molecule has 1 N–H and O–H groups in total. The van der Waals surface area contributed by atoms with E-state index >= 15 is 0 Å². The monoisotopic (exact) mass is 357 g/mol. The van der Waals surface area contributed by atoms with Crippen LogP contribution in [0.3, 0.4) is 0 Å². The van der Waals surface area contributed by atoms with Gasteiger partial charge in [0.25, 0.3) is 5.91 Å². The highest BCUT2D eigenvalue weighted by molar-refractivity contribution is 7.89. The smallest absolute Gasteiger partial charge is 0.268 e. The summed E-state index contributed by atoms with van der Waals surface area (Å²) in [5.74, 6) is -3.09. The van der Waals surface area contributed by atoms with Crippen LogP contribution in [-0.2, 0) is 10.0 Å². The van der Waals surface area contributed by atoms with Gasteiger partial charge in [-0.15, -0.1) is 0 Å². The van der Waals surface area contributed by atoms with Crippen molar-refractivity contribution in [3.8, 4) is 17.2 Å². The standard InChI is InChI=1S/C15H13F2NO5S/c1-22-14-11(15(19)18-24(2,20)21)7-8-12(13(14)17)23-10-5-3-9(16)4-6-10/h3-8H,1-2H3,(H,18,19).